The summed E-state index contributed by atoms with van der Waals surface area (Å²) in [5.41, 5.74) is 0.991. The Bertz CT molecular complexity index is 602. The maximum atomic E-state index is 13.4. The third kappa shape index (κ3) is 6.30. The highest BCUT2D eigenvalue weighted by molar-refractivity contribution is 5.40. The Morgan fingerprint density at radius 3 is 2.46 bits per heavy atom. The van der Waals surface area contributed by atoms with Gasteiger partial charge in [0, 0.05) is 44.8 Å². The van der Waals surface area contributed by atoms with E-state index >= 15 is 0 Å². The normalized spacial score (nSPS) is 21.6. The molecule has 1 aromatic carbocycles. The molecule has 0 aromatic heterocycles. The molecule has 2 heterocycles. The van der Waals surface area contributed by atoms with Crippen molar-refractivity contribution in [1.82, 2.24) is 9.80 Å². The van der Waals surface area contributed by atoms with Crippen LogP contribution in [0.3, 0.4) is 0 Å². The Morgan fingerprint density at radius 1 is 1.11 bits per heavy atom. The topological polar surface area (TPSA) is 65.4 Å². The van der Waals surface area contributed by atoms with Crippen molar-refractivity contribution < 1.29 is 24.1 Å². The van der Waals surface area contributed by atoms with Crippen LogP contribution in [0.4, 0.5) is 4.39 Å². The zero-order valence-corrected chi connectivity index (χ0v) is 16.7. The van der Waals surface area contributed by atoms with Crippen LogP contribution in [0.15, 0.2) is 18.2 Å². The van der Waals surface area contributed by atoms with Crippen LogP contribution in [0.2, 0.25) is 0 Å². The number of likely N-dealkylation sites (tertiary alicyclic amines) is 2. The number of benzene rings is 1. The minimum absolute atomic E-state index is 0.213. The minimum atomic E-state index is -0.691. The van der Waals surface area contributed by atoms with Gasteiger partial charge < -0.3 is 24.6 Å². The van der Waals surface area contributed by atoms with Gasteiger partial charge in [-0.05, 0) is 43.9 Å². The smallest absolute Gasteiger partial charge is 0.124 e. The van der Waals surface area contributed by atoms with E-state index in [4.69, 9.17) is 9.47 Å². The second-order valence-corrected chi connectivity index (χ2v) is 7.92. The first-order chi connectivity index (χ1) is 13.5. The number of aliphatic hydroxyl groups excluding tert-OH is 2. The average Bonchev–Trinajstić information content (AvgIpc) is 2.70. The van der Waals surface area contributed by atoms with E-state index in [1.165, 1.54) is 0 Å². The van der Waals surface area contributed by atoms with Crippen LogP contribution in [0.5, 0.6) is 11.5 Å². The molecule has 2 aliphatic rings. The highest BCUT2D eigenvalue weighted by atomic mass is 19.1. The molecule has 0 amide bonds. The average molecular weight is 397 g/mol. The molecule has 0 radical (unpaired) electrons. The predicted molar refractivity (Wildman–Crippen MR) is 106 cm³/mol. The summed E-state index contributed by atoms with van der Waals surface area (Å²) >= 11 is 0. The van der Waals surface area contributed by atoms with Gasteiger partial charge in [-0.25, -0.2) is 4.39 Å². The van der Waals surface area contributed by atoms with Crippen molar-refractivity contribution >= 4 is 0 Å². The molecule has 0 aliphatic carbocycles. The molecular weight excluding hydrogens is 363 g/mol. The number of halogens is 1. The summed E-state index contributed by atoms with van der Waals surface area (Å²) in [6.07, 6.45) is 1.16. The zero-order valence-electron chi connectivity index (χ0n) is 16.7. The first-order valence-corrected chi connectivity index (χ1v) is 10.3. The van der Waals surface area contributed by atoms with Gasteiger partial charge >= 0.3 is 0 Å². The lowest BCUT2D eigenvalue weighted by Crippen LogP contribution is -2.41. The number of methoxy groups -OCH3 is 1. The van der Waals surface area contributed by atoms with Crippen molar-refractivity contribution in [3.63, 3.8) is 0 Å². The molecular formula is C21H33FN2O4. The summed E-state index contributed by atoms with van der Waals surface area (Å²) in [5, 5.41) is 20.0. The standard InChI is InChI=1S/C21H33FN2O4/c1-27-20-2-3-21(16(12-20)13-23-8-4-17(22)5-9-23)28-15-19(26)14-24-10-6-18(25)7-11-24/h2-3,12,17-19,25-26H,4-11,13-15H2,1H3/t19-/m1/s1. The number of piperidine rings is 2. The van der Waals surface area contributed by atoms with Gasteiger partial charge in [0.15, 0.2) is 0 Å². The molecule has 1 atom stereocenters. The fourth-order valence-corrected chi connectivity index (χ4v) is 3.89. The molecule has 2 fully saturated rings. The summed E-state index contributed by atoms with van der Waals surface area (Å²) in [4.78, 5) is 4.39. The molecule has 158 valence electrons. The number of hydrogen-bond donors (Lipinski definition) is 2. The number of aliphatic hydroxyl groups is 2. The van der Waals surface area contributed by atoms with Crippen LogP contribution >= 0.6 is 0 Å². The Morgan fingerprint density at radius 2 is 1.79 bits per heavy atom. The van der Waals surface area contributed by atoms with E-state index < -0.39 is 12.3 Å². The number of hydrogen-bond acceptors (Lipinski definition) is 6. The lowest BCUT2D eigenvalue weighted by atomic mass is 10.1. The maximum Gasteiger partial charge on any atom is 0.124 e. The van der Waals surface area contributed by atoms with Gasteiger partial charge in [-0.15, -0.1) is 0 Å². The third-order valence-corrected chi connectivity index (χ3v) is 5.64. The first-order valence-electron chi connectivity index (χ1n) is 10.3. The van der Waals surface area contributed by atoms with Crippen molar-refractivity contribution in [2.75, 3.05) is 46.4 Å². The summed E-state index contributed by atoms with van der Waals surface area (Å²) in [6.45, 7) is 4.52. The third-order valence-electron chi connectivity index (χ3n) is 5.64. The van der Waals surface area contributed by atoms with Crippen LogP contribution in [-0.4, -0.2) is 84.8 Å². The van der Waals surface area contributed by atoms with E-state index in [0.717, 1.165) is 56.1 Å². The summed E-state index contributed by atoms with van der Waals surface area (Å²) in [5.74, 6) is 1.49. The van der Waals surface area contributed by atoms with E-state index in [2.05, 4.69) is 9.80 Å². The second kappa shape index (κ2) is 10.4. The number of rotatable bonds is 8. The van der Waals surface area contributed by atoms with Crippen molar-refractivity contribution in [2.45, 2.75) is 50.6 Å². The Labute approximate surface area is 166 Å². The lowest BCUT2D eigenvalue weighted by Gasteiger charge is -2.31. The van der Waals surface area contributed by atoms with Gasteiger partial charge in [0.1, 0.15) is 30.4 Å². The van der Waals surface area contributed by atoms with Crippen molar-refractivity contribution in [3.05, 3.63) is 23.8 Å². The van der Waals surface area contributed by atoms with Crippen LogP contribution in [0, 0.1) is 0 Å². The lowest BCUT2D eigenvalue weighted by molar-refractivity contribution is 0.0334. The molecule has 0 saturated carbocycles. The molecule has 0 bridgehead atoms. The van der Waals surface area contributed by atoms with Gasteiger partial charge in [-0.1, -0.05) is 0 Å². The molecule has 28 heavy (non-hydrogen) atoms. The van der Waals surface area contributed by atoms with E-state index in [1.54, 1.807) is 7.11 Å². The molecule has 7 heteroatoms. The first kappa shape index (κ1) is 21.3. The summed E-state index contributed by atoms with van der Waals surface area (Å²) in [7, 11) is 1.63. The van der Waals surface area contributed by atoms with Gasteiger partial charge in [0.2, 0.25) is 0 Å². The summed E-state index contributed by atoms with van der Waals surface area (Å²) in [6, 6.07) is 5.68. The largest absolute Gasteiger partial charge is 0.497 e. The van der Waals surface area contributed by atoms with E-state index in [9.17, 15) is 14.6 Å². The van der Waals surface area contributed by atoms with Crippen LogP contribution in [0.1, 0.15) is 31.2 Å². The Kier molecular flexibility index (Phi) is 7.91. The summed E-state index contributed by atoms with van der Waals surface area (Å²) < 4.78 is 24.7. The highest BCUT2D eigenvalue weighted by Crippen LogP contribution is 2.27. The molecule has 0 spiro atoms. The van der Waals surface area contributed by atoms with Gasteiger partial charge in [-0.2, -0.15) is 0 Å². The van der Waals surface area contributed by atoms with E-state index in [1.807, 2.05) is 18.2 Å². The Balaban J connectivity index is 1.54. The molecule has 6 nitrogen and oxygen atoms in total. The molecule has 1 aromatic rings. The van der Waals surface area contributed by atoms with Gasteiger partial charge in [-0.3, -0.25) is 4.90 Å². The number of nitrogens with zero attached hydrogens (tertiary/aromatic N) is 2. The predicted octanol–water partition coefficient (Wildman–Crippen LogP) is 1.83. The number of β-amino-alcohol motifs (C(OH)–C–C–N with tert-alkyl or cyclic N) is 1. The van der Waals surface area contributed by atoms with Crippen LogP contribution in [-0.2, 0) is 6.54 Å². The molecule has 0 unspecified atom stereocenters. The van der Waals surface area contributed by atoms with Crippen molar-refractivity contribution in [3.8, 4) is 11.5 Å². The molecule has 2 aliphatic heterocycles. The molecule has 2 saturated heterocycles. The van der Waals surface area contributed by atoms with Gasteiger partial charge in [0.05, 0.1) is 13.2 Å². The van der Waals surface area contributed by atoms with Crippen LogP contribution in [0.25, 0.3) is 0 Å². The molecule has 3 rings (SSSR count). The highest BCUT2D eigenvalue weighted by Gasteiger charge is 2.21. The number of ether oxygens (including phenoxy) is 2. The second-order valence-electron chi connectivity index (χ2n) is 7.92. The fourth-order valence-electron chi connectivity index (χ4n) is 3.89. The zero-order chi connectivity index (χ0) is 19.9. The fraction of sp³-hybridized carbons (Fsp3) is 0.714. The van der Waals surface area contributed by atoms with Crippen LogP contribution < -0.4 is 9.47 Å². The van der Waals surface area contributed by atoms with Gasteiger partial charge in [0.25, 0.3) is 0 Å². The molecule has 2 N–H and O–H groups in total. The monoisotopic (exact) mass is 396 g/mol. The van der Waals surface area contributed by atoms with E-state index in [-0.39, 0.29) is 12.7 Å². The SMILES string of the molecule is COc1ccc(OC[C@H](O)CN2CCC(O)CC2)c(CN2CCC(F)CC2)c1. The minimum Gasteiger partial charge on any atom is -0.497 e. The van der Waals surface area contributed by atoms with E-state index in [0.29, 0.717) is 25.9 Å². The quantitative estimate of drug-likeness (QED) is 0.699. The Hall–Kier alpha value is -1.41. The number of alkyl halides is 1. The van der Waals surface area contributed by atoms with Crippen molar-refractivity contribution in [1.29, 1.82) is 0 Å². The van der Waals surface area contributed by atoms with Crippen molar-refractivity contribution in [2.24, 2.45) is 0 Å². The maximum absolute atomic E-state index is 13.4.